The van der Waals surface area contributed by atoms with Crippen LogP contribution >= 0.6 is 34.2 Å². The first-order valence-corrected chi connectivity index (χ1v) is 5.15. The van der Waals surface area contributed by atoms with Gasteiger partial charge in [0, 0.05) is 5.56 Å². The van der Waals surface area contributed by atoms with Crippen molar-refractivity contribution >= 4 is 40.2 Å². The van der Waals surface area contributed by atoms with Crippen LogP contribution in [0.25, 0.3) is 0 Å². The summed E-state index contributed by atoms with van der Waals surface area (Å²) >= 11 is 7.28. The fourth-order valence-corrected chi connectivity index (χ4v) is 1.64. The van der Waals surface area contributed by atoms with Crippen molar-refractivity contribution in [2.24, 2.45) is 0 Å². The van der Waals surface area contributed by atoms with E-state index in [9.17, 15) is 13.6 Å². The highest BCUT2D eigenvalue weighted by Crippen LogP contribution is 2.30. The van der Waals surface area contributed by atoms with Gasteiger partial charge in [-0.15, -0.1) is 0 Å². The highest BCUT2D eigenvalue weighted by Gasteiger charge is 2.19. The summed E-state index contributed by atoms with van der Waals surface area (Å²) in [5, 5.41) is -0.141. The molecule has 0 aromatic carbocycles. The number of rotatable bonds is 2. The summed E-state index contributed by atoms with van der Waals surface area (Å²) in [7, 11) is 1.15. The molecule has 1 aromatic rings. The Morgan fingerprint density at radius 1 is 1.67 bits per heavy atom. The molecule has 1 rings (SSSR count). The molecule has 0 radical (unpaired) electrons. The van der Waals surface area contributed by atoms with E-state index in [2.05, 4.69) is 9.72 Å². The van der Waals surface area contributed by atoms with E-state index in [1.807, 2.05) is 0 Å². The molecule has 0 saturated carbocycles. The first-order chi connectivity index (χ1) is 6.97. The van der Waals surface area contributed by atoms with E-state index >= 15 is 0 Å². The summed E-state index contributed by atoms with van der Waals surface area (Å²) < 4.78 is 29.5. The summed E-state index contributed by atoms with van der Waals surface area (Å²) in [5.41, 5.74) is -0.599. The van der Waals surface area contributed by atoms with Crippen molar-refractivity contribution < 1.29 is 18.3 Å². The number of carbonyl (C=O) groups is 1. The molecule has 7 heteroatoms. The lowest BCUT2D eigenvalue weighted by Gasteiger charge is -2.06. The van der Waals surface area contributed by atoms with Gasteiger partial charge in [-0.25, -0.2) is 18.6 Å². The third kappa shape index (κ3) is 2.75. The predicted molar refractivity (Wildman–Crippen MR) is 58.3 cm³/mol. The smallest absolute Gasteiger partial charge is 0.356 e. The van der Waals surface area contributed by atoms with Gasteiger partial charge in [0.15, 0.2) is 0 Å². The third-order valence-electron chi connectivity index (χ3n) is 1.58. The van der Waals surface area contributed by atoms with Crippen molar-refractivity contribution in [1.29, 1.82) is 0 Å². The molecule has 0 unspecified atom stereocenters. The third-order valence-corrected chi connectivity index (χ3v) is 3.07. The van der Waals surface area contributed by atoms with Gasteiger partial charge in [0.05, 0.1) is 12.1 Å². The molecule has 0 N–H and O–H groups in total. The zero-order valence-corrected chi connectivity index (χ0v) is 10.3. The Hall–Kier alpha value is -0.500. The fourth-order valence-electron chi connectivity index (χ4n) is 0.885. The second-order valence-electron chi connectivity index (χ2n) is 2.49. The van der Waals surface area contributed by atoms with Crippen LogP contribution in [-0.4, -0.2) is 18.1 Å². The molecule has 1 aromatic heterocycles. The fraction of sp³-hybridized carbons (Fsp3) is 0.250. The minimum absolute atomic E-state index is 0.141. The summed E-state index contributed by atoms with van der Waals surface area (Å²) in [6, 6.07) is 0.932. The number of esters is 1. The molecular weight excluding hydrogens is 342 g/mol. The van der Waals surface area contributed by atoms with Crippen LogP contribution in [0.1, 0.15) is 22.5 Å². The number of ether oxygens (including phenoxy) is 1. The van der Waals surface area contributed by atoms with Gasteiger partial charge in [0.25, 0.3) is 6.43 Å². The molecule has 0 amide bonds. The van der Waals surface area contributed by atoms with Gasteiger partial charge in [-0.2, -0.15) is 0 Å². The average molecular weight is 347 g/mol. The molecule has 3 nitrogen and oxygen atoms in total. The molecule has 1 heterocycles. The lowest BCUT2D eigenvalue weighted by Crippen LogP contribution is -2.07. The predicted octanol–water partition coefficient (Wildman–Crippen LogP) is 3.06. The van der Waals surface area contributed by atoms with Gasteiger partial charge in [-0.3, -0.25) is 0 Å². The van der Waals surface area contributed by atoms with Crippen molar-refractivity contribution in [2.75, 3.05) is 7.11 Å². The topological polar surface area (TPSA) is 39.2 Å². The molecule has 15 heavy (non-hydrogen) atoms. The van der Waals surface area contributed by atoms with E-state index in [1.165, 1.54) is 0 Å². The Kier molecular flexibility index (Phi) is 4.21. The van der Waals surface area contributed by atoms with Gasteiger partial charge in [-0.1, -0.05) is 11.6 Å². The average Bonchev–Trinajstić information content (AvgIpc) is 2.20. The number of methoxy groups -OCH3 is 1. The number of halogens is 4. The molecule has 82 valence electrons. The lowest BCUT2D eigenvalue weighted by atomic mass is 10.2. The van der Waals surface area contributed by atoms with Gasteiger partial charge < -0.3 is 4.74 Å². The van der Waals surface area contributed by atoms with Crippen LogP contribution in [0.5, 0.6) is 0 Å². The zero-order valence-electron chi connectivity index (χ0n) is 7.43. The number of carbonyl (C=O) groups excluding carboxylic acids is 1. The molecule has 0 aliphatic rings. The normalized spacial score (nSPS) is 10.5. The number of alkyl halides is 2. The van der Waals surface area contributed by atoms with Gasteiger partial charge >= 0.3 is 5.97 Å². The maximum atomic E-state index is 12.5. The second kappa shape index (κ2) is 5.02. The van der Waals surface area contributed by atoms with Crippen LogP contribution < -0.4 is 0 Å². The van der Waals surface area contributed by atoms with E-state index in [0.717, 1.165) is 13.2 Å². The van der Waals surface area contributed by atoms with Crippen molar-refractivity contribution in [2.45, 2.75) is 6.43 Å². The molecule has 0 aliphatic heterocycles. The Bertz CT molecular complexity index is 400. The summed E-state index contributed by atoms with van der Waals surface area (Å²) in [6.45, 7) is 0. The van der Waals surface area contributed by atoms with Crippen LogP contribution in [-0.2, 0) is 4.74 Å². The number of pyridine rings is 1. The monoisotopic (exact) mass is 347 g/mol. The largest absolute Gasteiger partial charge is 0.464 e. The van der Waals surface area contributed by atoms with E-state index in [1.54, 1.807) is 22.6 Å². The molecular formula is C8H5ClF2INO2. The Labute approximate surface area is 103 Å². The maximum Gasteiger partial charge on any atom is 0.356 e. The molecule has 0 bridgehead atoms. The highest BCUT2D eigenvalue weighted by molar-refractivity contribution is 14.1. The molecule has 0 saturated heterocycles. The number of aromatic nitrogens is 1. The Morgan fingerprint density at radius 2 is 2.27 bits per heavy atom. The Balaban J connectivity index is 3.29. The molecule has 0 spiro atoms. The SMILES string of the molecule is COC(=O)c1cc(C(F)F)c(Cl)c(I)n1. The first kappa shape index (κ1) is 12.6. The van der Waals surface area contributed by atoms with E-state index in [4.69, 9.17) is 11.6 Å². The second-order valence-corrected chi connectivity index (χ2v) is 3.89. The van der Waals surface area contributed by atoms with Crippen LogP contribution in [0.4, 0.5) is 8.78 Å². The standard InChI is InChI=1S/C8H5ClF2INO2/c1-15-8(14)4-2-3(6(10)11)5(9)7(12)13-4/h2,6H,1H3. The van der Waals surface area contributed by atoms with Crippen molar-refractivity contribution in [3.05, 3.63) is 26.0 Å². The van der Waals surface area contributed by atoms with Crippen molar-refractivity contribution in [3.8, 4) is 0 Å². The lowest BCUT2D eigenvalue weighted by molar-refractivity contribution is 0.0593. The zero-order chi connectivity index (χ0) is 11.6. The molecule has 0 fully saturated rings. The number of hydrogen-bond acceptors (Lipinski definition) is 3. The Morgan fingerprint density at radius 3 is 2.73 bits per heavy atom. The quantitative estimate of drug-likeness (QED) is 0.469. The summed E-state index contributed by atoms with van der Waals surface area (Å²) in [6.07, 6.45) is -2.75. The van der Waals surface area contributed by atoms with E-state index in [0.29, 0.717) is 0 Å². The van der Waals surface area contributed by atoms with Crippen LogP contribution in [0, 0.1) is 3.70 Å². The van der Waals surface area contributed by atoms with Gasteiger partial charge in [0.2, 0.25) is 0 Å². The molecule has 0 aliphatic carbocycles. The number of hydrogen-bond donors (Lipinski definition) is 0. The maximum absolute atomic E-state index is 12.5. The summed E-state index contributed by atoms with van der Waals surface area (Å²) in [5.74, 6) is -0.772. The minimum atomic E-state index is -2.75. The van der Waals surface area contributed by atoms with Crippen LogP contribution in [0.3, 0.4) is 0 Å². The van der Waals surface area contributed by atoms with E-state index < -0.39 is 18.0 Å². The van der Waals surface area contributed by atoms with E-state index in [-0.39, 0.29) is 14.4 Å². The van der Waals surface area contributed by atoms with Crippen LogP contribution in [0.2, 0.25) is 5.02 Å². The number of nitrogens with zero attached hydrogens (tertiary/aromatic N) is 1. The van der Waals surface area contributed by atoms with Crippen LogP contribution in [0.15, 0.2) is 6.07 Å². The first-order valence-electron chi connectivity index (χ1n) is 3.69. The molecule has 0 atom stereocenters. The van der Waals surface area contributed by atoms with Gasteiger partial charge in [0.1, 0.15) is 9.39 Å². The minimum Gasteiger partial charge on any atom is -0.464 e. The van der Waals surface area contributed by atoms with Crippen molar-refractivity contribution in [1.82, 2.24) is 4.98 Å². The van der Waals surface area contributed by atoms with Gasteiger partial charge in [-0.05, 0) is 28.7 Å². The highest BCUT2D eigenvalue weighted by atomic mass is 127. The summed E-state index contributed by atoms with van der Waals surface area (Å²) in [4.78, 5) is 14.8. The van der Waals surface area contributed by atoms with Crippen molar-refractivity contribution in [3.63, 3.8) is 0 Å².